The van der Waals surface area contributed by atoms with E-state index in [9.17, 15) is 0 Å². The van der Waals surface area contributed by atoms with E-state index in [0.717, 1.165) is 12.3 Å². The van der Waals surface area contributed by atoms with Crippen LogP contribution in [0.1, 0.15) is 38.0 Å². The van der Waals surface area contributed by atoms with Crippen molar-refractivity contribution in [3.05, 3.63) is 17.1 Å². The van der Waals surface area contributed by atoms with E-state index in [1.54, 1.807) is 11.5 Å². The molecule has 2 nitrogen and oxygen atoms in total. The topological polar surface area (TPSA) is 38.9 Å². The molecule has 3 heteroatoms. The predicted molar refractivity (Wildman–Crippen MR) is 64.9 cm³/mol. The number of nitrogens with zero attached hydrogens (tertiary/aromatic N) is 1. The molecule has 2 unspecified atom stereocenters. The van der Waals surface area contributed by atoms with Crippen LogP contribution in [-0.2, 0) is 6.42 Å². The molecule has 1 heterocycles. The van der Waals surface area contributed by atoms with Gasteiger partial charge in [0.2, 0.25) is 0 Å². The van der Waals surface area contributed by atoms with Gasteiger partial charge in [0.1, 0.15) is 0 Å². The van der Waals surface area contributed by atoms with Gasteiger partial charge in [0.15, 0.2) is 0 Å². The maximum Gasteiger partial charge on any atom is 0.0409 e. The molecule has 0 aromatic carbocycles. The molecule has 2 N–H and O–H groups in total. The molecular weight excluding hydrogens is 204 g/mol. The summed E-state index contributed by atoms with van der Waals surface area (Å²) in [6.45, 7) is 4.76. The Morgan fingerprint density at radius 3 is 3.07 bits per heavy atom. The average molecular weight is 224 g/mol. The predicted octanol–water partition coefficient (Wildman–Crippen LogP) is 2.84. The third-order valence-corrected chi connectivity index (χ3v) is 4.56. The molecule has 2 atom stereocenters. The van der Waals surface area contributed by atoms with Crippen LogP contribution in [0.4, 0.5) is 0 Å². The van der Waals surface area contributed by atoms with Gasteiger partial charge in [0.25, 0.3) is 0 Å². The van der Waals surface area contributed by atoms with E-state index in [0.29, 0.717) is 11.5 Å². The van der Waals surface area contributed by atoms with Crippen molar-refractivity contribution < 1.29 is 0 Å². The summed E-state index contributed by atoms with van der Waals surface area (Å²) >= 11 is 1.63. The van der Waals surface area contributed by atoms with Crippen LogP contribution in [0, 0.1) is 11.3 Å². The fourth-order valence-electron chi connectivity index (χ4n) is 2.51. The second kappa shape index (κ2) is 4.22. The van der Waals surface area contributed by atoms with Gasteiger partial charge in [-0.15, -0.1) is 0 Å². The summed E-state index contributed by atoms with van der Waals surface area (Å²) in [6.07, 6.45) is 6.68. The van der Waals surface area contributed by atoms with Crippen molar-refractivity contribution in [2.75, 3.05) is 0 Å². The summed E-state index contributed by atoms with van der Waals surface area (Å²) in [7, 11) is 0. The first-order chi connectivity index (χ1) is 7.08. The highest BCUT2D eigenvalue weighted by molar-refractivity contribution is 7.05. The fourth-order valence-corrected chi connectivity index (χ4v) is 3.17. The molecular formula is C12H20N2S. The molecule has 2 rings (SSSR count). The van der Waals surface area contributed by atoms with Crippen LogP contribution < -0.4 is 5.73 Å². The first kappa shape index (κ1) is 11.1. The van der Waals surface area contributed by atoms with Crippen molar-refractivity contribution in [1.82, 2.24) is 4.37 Å². The smallest absolute Gasteiger partial charge is 0.0409 e. The van der Waals surface area contributed by atoms with Gasteiger partial charge in [-0.3, -0.25) is 0 Å². The third-order valence-electron chi connectivity index (χ3n) is 3.79. The summed E-state index contributed by atoms with van der Waals surface area (Å²) in [6, 6.07) is 2.55. The van der Waals surface area contributed by atoms with Crippen molar-refractivity contribution in [2.45, 2.75) is 45.6 Å². The Morgan fingerprint density at radius 1 is 1.60 bits per heavy atom. The van der Waals surface area contributed by atoms with Crippen LogP contribution in [0.15, 0.2) is 12.3 Å². The highest BCUT2D eigenvalue weighted by atomic mass is 32.1. The van der Waals surface area contributed by atoms with E-state index >= 15 is 0 Å². The van der Waals surface area contributed by atoms with Crippen molar-refractivity contribution in [2.24, 2.45) is 17.1 Å². The summed E-state index contributed by atoms with van der Waals surface area (Å²) in [5.41, 5.74) is 6.51. The molecule has 1 fully saturated rings. The lowest BCUT2D eigenvalue weighted by Crippen LogP contribution is -2.39. The largest absolute Gasteiger partial charge is 0.328 e. The molecule has 1 aliphatic rings. The summed E-state index contributed by atoms with van der Waals surface area (Å²) in [5, 5.41) is 0. The van der Waals surface area contributed by atoms with Crippen molar-refractivity contribution in [3.8, 4) is 0 Å². The molecule has 0 spiro atoms. The summed E-state index contributed by atoms with van der Waals surface area (Å²) in [4.78, 5) is 1.40. The van der Waals surface area contributed by atoms with Crippen LogP contribution in [-0.4, -0.2) is 10.4 Å². The summed E-state index contributed by atoms with van der Waals surface area (Å²) in [5.74, 6) is 0.724. The van der Waals surface area contributed by atoms with Gasteiger partial charge in [-0.1, -0.05) is 13.8 Å². The third kappa shape index (κ3) is 2.58. The Balaban J connectivity index is 2.05. The minimum absolute atomic E-state index is 0.413. The Morgan fingerprint density at radius 2 is 2.40 bits per heavy atom. The molecule has 0 amide bonds. The van der Waals surface area contributed by atoms with E-state index in [2.05, 4.69) is 24.3 Å². The van der Waals surface area contributed by atoms with Crippen LogP contribution in [0.25, 0.3) is 0 Å². The van der Waals surface area contributed by atoms with Gasteiger partial charge in [-0.25, -0.2) is 4.37 Å². The van der Waals surface area contributed by atoms with E-state index in [4.69, 9.17) is 5.73 Å². The highest BCUT2D eigenvalue weighted by Gasteiger charge is 2.35. The lowest BCUT2D eigenvalue weighted by Gasteiger charge is -2.41. The SMILES string of the molecule is CC1(C)CCC(N)CC1Cc1ccns1. The second-order valence-corrected chi connectivity index (χ2v) is 6.32. The molecule has 1 aromatic heterocycles. The minimum atomic E-state index is 0.413. The molecule has 0 bridgehead atoms. The molecule has 84 valence electrons. The zero-order chi connectivity index (χ0) is 10.9. The van der Waals surface area contributed by atoms with Crippen LogP contribution in [0.3, 0.4) is 0 Å². The van der Waals surface area contributed by atoms with E-state index < -0.39 is 0 Å². The van der Waals surface area contributed by atoms with Crippen LogP contribution in [0.5, 0.6) is 0 Å². The lowest BCUT2D eigenvalue weighted by atomic mass is 9.66. The molecule has 1 aromatic rings. The van der Waals surface area contributed by atoms with Crippen molar-refractivity contribution in [1.29, 1.82) is 0 Å². The maximum atomic E-state index is 6.06. The second-order valence-electron chi connectivity index (χ2n) is 5.40. The number of hydrogen-bond acceptors (Lipinski definition) is 3. The average Bonchev–Trinajstić information content (AvgIpc) is 2.65. The Labute approximate surface area is 96.1 Å². The van der Waals surface area contributed by atoms with E-state index in [1.165, 1.54) is 24.1 Å². The number of hydrogen-bond donors (Lipinski definition) is 1. The van der Waals surface area contributed by atoms with Gasteiger partial charge in [0, 0.05) is 17.1 Å². The first-order valence-corrected chi connectivity index (χ1v) is 6.50. The van der Waals surface area contributed by atoms with Crippen LogP contribution >= 0.6 is 11.5 Å². The standard InChI is InChI=1S/C12H20N2S/c1-12(2)5-3-10(13)7-9(12)8-11-4-6-14-15-11/h4,6,9-10H,3,5,7-8,13H2,1-2H3. The van der Waals surface area contributed by atoms with E-state index in [-0.39, 0.29) is 0 Å². The lowest BCUT2D eigenvalue weighted by molar-refractivity contribution is 0.124. The summed E-state index contributed by atoms with van der Waals surface area (Å²) < 4.78 is 4.16. The number of nitrogens with two attached hydrogens (primary N) is 1. The Kier molecular flexibility index (Phi) is 3.12. The Bertz CT molecular complexity index is 305. The highest BCUT2D eigenvalue weighted by Crippen LogP contribution is 2.42. The molecule has 0 aliphatic heterocycles. The van der Waals surface area contributed by atoms with Gasteiger partial charge < -0.3 is 5.73 Å². The Hall–Kier alpha value is -0.410. The molecule has 0 radical (unpaired) electrons. The normalized spacial score (nSPS) is 30.3. The molecule has 1 saturated carbocycles. The zero-order valence-corrected chi connectivity index (χ0v) is 10.4. The van der Waals surface area contributed by atoms with Gasteiger partial charge >= 0.3 is 0 Å². The minimum Gasteiger partial charge on any atom is -0.328 e. The monoisotopic (exact) mass is 224 g/mol. The van der Waals surface area contributed by atoms with Gasteiger partial charge in [0.05, 0.1) is 0 Å². The number of aromatic nitrogens is 1. The van der Waals surface area contributed by atoms with Gasteiger partial charge in [-0.2, -0.15) is 0 Å². The van der Waals surface area contributed by atoms with Crippen LogP contribution in [0.2, 0.25) is 0 Å². The first-order valence-electron chi connectivity index (χ1n) is 5.73. The van der Waals surface area contributed by atoms with Gasteiger partial charge in [-0.05, 0) is 54.6 Å². The zero-order valence-electron chi connectivity index (χ0n) is 9.57. The van der Waals surface area contributed by atoms with Crippen molar-refractivity contribution in [3.63, 3.8) is 0 Å². The number of rotatable bonds is 2. The van der Waals surface area contributed by atoms with E-state index in [1.807, 2.05) is 6.20 Å². The fraction of sp³-hybridized carbons (Fsp3) is 0.750. The molecule has 0 saturated heterocycles. The van der Waals surface area contributed by atoms with Crippen molar-refractivity contribution >= 4 is 11.5 Å². The maximum absolute atomic E-state index is 6.06. The molecule has 15 heavy (non-hydrogen) atoms. The quantitative estimate of drug-likeness (QED) is 0.839. The molecule has 1 aliphatic carbocycles.